The van der Waals surface area contributed by atoms with Crippen LogP contribution in [0.3, 0.4) is 0 Å². The third kappa shape index (κ3) is 6.73. The van der Waals surface area contributed by atoms with Crippen molar-refractivity contribution in [2.45, 2.75) is 43.8 Å². The third-order valence-electron chi connectivity index (χ3n) is 7.51. The smallest absolute Gasteiger partial charge is 0.247 e. The number of carbonyl (C=O) groups is 3. The summed E-state index contributed by atoms with van der Waals surface area (Å²) in [5.74, 6) is -0.879. The van der Waals surface area contributed by atoms with Gasteiger partial charge in [0.05, 0.1) is 6.04 Å². The van der Waals surface area contributed by atoms with Gasteiger partial charge in [0.25, 0.3) is 0 Å². The average molecular weight is 551 g/mol. The van der Waals surface area contributed by atoms with E-state index in [0.717, 1.165) is 21.9 Å². The van der Waals surface area contributed by atoms with Crippen LogP contribution in [0.5, 0.6) is 5.75 Å². The van der Waals surface area contributed by atoms with E-state index in [1.54, 1.807) is 24.3 Å². The van der Waals surface area contributed by atoms with Crippen molar-refractivity contribution in [1.82, 2.24) is 10.2 Å². The molecule has 0 unspecified atom stereocenters. The molecule has 1 saturated heterocycles. The van der Waals surface area contributed by atoms with Crippen LogP contribution in [0.4, 0.5) is 5.69 Å². The highest BCUT2D eigenvalue weighted by Crippen LogP contribution is 2.24. The van der Waals surface area contributed by atoms with Crippen molar-refractivity contribution in [3.05, 3.63) is 108 Å². The van der Waals surface area contributed by atoms with Gasteiger partial charge in [-0.1, -0.05) is 78.9 Å². The minimum absolute atomic E-state index is 0.138. The normalized spacial score (nSPS) is 16.2. The first kappa shape index (κ1) is 27.9. The highest BCUT2D eigenvalue weighted by Gasteiger charge is 2.37. The zero-order valence-corrected chi connectivity index (χ0v) is 22.7. The first-order chi connectivity index (χ1) is 19.9. The van der Waals surface area contributed by atoms with Crippen molar-refractivity contribution in [2.24, 2.45) is 5.73 Å². The van der Waals surface area contributed by atoms with E-state index in [2.05, 4.69) is 10.6 Å². The van der Waals surface area contributed by atoms with Gasteiger partial charge in [0.15, 0.2) is 0 Å². The van der Waals surface area contributed by atoms with Gasteiger partial charge >= 0.3 is 0 Å². The quantitative estimate of drug-likeness (QED) is 0.253. The maximum Gasteiger partial charge on any atom is 0.247 e. The molecule has 5 rings (SSSR count). The Morgan fingerprint density at radius 3 is 2.32 bits per heavy atom. The van der Waals surface area contributed by atoms with Crippen LogP contribution >= 0.6 is 0 Å². The standard InChI is InChI=1S/C33H34N4O4/c34-27(20-23-15-17-25(38)18-16-23)33(41)37-19-7-14-30(37)32(40)36-29(21-22-8-2-1-3-9-22)31(39)35-28-13-6-11-24-10-4-5-12-26(24)28/h1-6,8-13,15-18,27,29-30,38H,7,14,19-21,34H2,(H,35,39)(H,36,40)/t27-,29-,30-/m0/s1. The maximum absolute atomic E-state index is 13.6. The van der Waals surface area contributed by atoms with Gasteiger partial charge in [-0.15, -0.1) is 0 Å². The summed E-state index contributed by atoms with van der Waals surface area (Å²) in [5.41, 5.74) is 8.65. The average Bonchev–Trinajstić information content (AvgIpc) is 3.48. The molecule has 0 saturated carbocycles. The molecule has 5 N–H and O–H groups in total. The molecule has 210 valence electrons. The number of likely N-dealkylation sites (tertiary alicyclic amines) is 1. The molecule has 3 atom stereocenters. The van der Waals surface area contributed by atoms with Crippen molar-refractivity contribution in [2.75, 3.05) is 11.9 Å². The zero-order chi connectivity index (χ0) is 28.8. The van der Waals surface area contributed by atoms with Gasteiger partial charge < -0.3 is 26.4 Å². The Bertz CT molecular complexity index is 1520. The molecule has 3 amide bonds. The molecule has 0 aromatic heterocycles. The first-order valence-corrected chi connectivity index (χ1v) is 13.9. The molecule has 1 aliphatic rings. The van der Waals surface area contributed by atoms with Gasteiger partial charge in [0.2, 0.25) is 17.7 Å². The molecule has 0 aliphatic carbocycles. The number of aromatic hydroxyl groups is 1. The molecule has 4 aromatic rings. The summed E-state index contributed by atoms with van der Waals surface area (Å²) in [6, 6.07) is 27.1. The van der Waals surface area contributed by atoms with E-state index in [0.29, 0.717) is 31.5 Å². The Kier molecular flexibility index (Phi) is 8.60. The number of phenols is 1. The summed E-state index contributed by atoms with van der Waals surface area (Å²) in [6.45, 7) is 0.422. The number of carbonyl (C=O) groups excluding carboxylic acids is 3. The zero-order valence-electron chi connectivity index (χ0n) is 22.7. The lowest BCUT2D eigenvalue weighted by Gasteiger charge is -2.28. The molecule has 8 heteroatoms. The van der Waals surface area contributed by atoms with Gasteiger partial charge in [-0.25, -0.2) is 0 Å². The van der Waals surface area contributed by atoms with Gasteiger partial charge in [-0.3, -0.25) is 14.4 Å². The number of nitrogens with zero attached hydrogens (tertiary/aromatic N) is 1. The number of hydrogen-bond donors (Lipinski definition) is 4. The number of amides is 3. The molecular formula is C33H34N4O4. The van der Waals surface area contributed by atoms with Crippen molar-refractivity contribution < 1.29 is 19.5 Å². The predicted octanol–water partition coefficient (Wildman–Crippen LogP) is 3.77. The number of phenolic OH excluding ortho intramolecular Hbond substituents is 1. The fraction of sp³-hybridized carbons (Fsp3) is 0.242. The van der Waals surface area contributed by atoms with E-state index in [1.165, 1.54) is 4.90 Å². The van der Waals surface area contributed by atoms with Crippen LogP contribution < -0.4 is 16.4 Å². The number of anilines is 1. The molecule has 0 spiro atoms. The van der Waals surface area contributed by atoms with Crippen LogP contribution in [-0.2, 0) is 27.2 Å². The molecule has 1 aliphatic heterocycles. The van der Waals surface area contributed by atoms with E-state index < -0.39 is 18.1 Å². The first-order valence-electron chi connectivity index (χ1n) is 13.9. The second-order valence-corrected chi connectivity index (χ2v) is 10.4. The van der Waals surface area contributed by atoms with Gasteiger partial charge in [0, 0.05) is 24.0 Å². The highest BCUT2D eigenvalue weighted by atomic mass is 16.3. The number of rotatable bonds is 9. The van der Waals surface area contributed by atoms with Crippen LogP contribution in [0.25, 0.3) is 10.8 Å². The van der Waals surface area contributed by atoms with Crippen LogP contribution in [0, 0.1) is 0 Å². The van der Waals surface area contributed by atoms with Crippen molar-refractivity contribution in [1.29, 1.82) is 0 Å². The lowest BCUT2D eigenvalue weighted by atomic mass is 10.0. The number of hydrogen-bond acceptors (Lipinski definition) is 5. The molecule has 0 bridgehead atoms. The maximum atomic E-state index is 13.6. The van der Waals surface area contributed by atoms with Crippen molar-refractivity contribution in [3.8, 4) is 5.75 Å². The molecule has 1 fully saturated rings. The van der Waals surface area contributed by atoms with Crippen molar-refractivity contribution in [3.63, 3.8) is 0 Å². The minimum Gasteiger partial charge on any atom is -0.508 e. The Morgan fingerprint density at radius 1 is 0.854 bits per heavy atom. The van der Waals surface area contributed by atoms with Crippen molar-refractivity contribution >= 4 is 34.2 Å². The van der Waals surface area contributed by atoms with Gasteiger partial charge in [0.1, 0.15) is 17.8 Å². The second-order valence-electron chi connectivity index (χ2n) is 10.4. The number of benzene rings is 4. The van der Waals surface area contributed by atoms with Crippen LogP contribution in [0.15, 0.2) is 97.1 Å². The Labute approximate surface area is 239 Å². The van der Waals surface area contributed by atoms with E-state index >= 15 is 0 Å². The second kappa shape index (κ2) is 12.7. The number of fused-ring (bicyclic) bond motifs is 1. The van der Waals surface area contributed by atoms with Crippen LogP contribution in [-0.4, -0.2) is 52.4 Å². The summed E-state index contributed by atoms with van der Waals surface area (Å²) in [5, 5.41) is 17.4. The number of nitrogens with one attached hydrogen (secondary N) is 2. The topological polar surface area (TPSA) is 125 Å². The summed E-state index contributed by atoms with van der Waals surface area (Å²) < 4.78 is 0. The molecule has 41 heavy (non-hydrogen) atoms. The summed E-state index contributed by atoms with van der Waals surface area (Å²) in [7, 11) is 0. The largest absolute Gasteiger partial charge is 0.508 e. The monoisotopic (exact) mass is 550 g/mol. The lowest BCUT2D eigenvalue weighted by molar-refractivity contribution is -0.140. The van der Waals surface area contributed by atoms with Crippen LogP contribution in [0.2, 0.25) is 0 Å². The van der Waals surface area contributed by atoms with Gasteiger partial charge in [-0.2, -0.15) is 0 Å². The Hall–Kier alpha value is -4.69. The molecule has 8 nitrogen and oxygen atoms in total. The van der Waals surface area contributed by atoms with E-state index in [-0.39, 0.29) is 29.9 Å². The third-order valence-corrected chi connectivity index (χ3v) is 7.51. The summed E-state index contributed by atoms with van der Waals surface area (Å²) in [4.78, 5) is 42.0. The molecular weight excluding hydrogens is 516 g/mol. The Morgan fingerprint density at radius 2 is 1.54 bits per heavy atom. The van der Waals surface area contributed by atoms with E-state index in [9.17, 15) is 19.5 Å². The number of nitrogens with two attached hydrogens (primary N) is 1. The summed E-state index contributed by atoms with van der Waals surface area (Å²) >= 11 is 0. The molecule has 4 aromatic carbocycles. The fourth-order valence-corrected chi connectivity index (χ4v) is 5.37. The highest BCUT2D eigenvalue weighted by molar-refractivity contribution is 6.05. The Balaban J connectivity index is 1.31. The van der Waals surface area contributed by atoms with Crippen LogP contribution in [0.1, 0.15) is 24.0 Å². The van der Waals surface area contributed by atoms with E-state index in [4.69, 9.17) is 5.73 Å². The minimum atomic E-state index is -0.855. The predicted molar refractivity (Wildman–Crippen MR) is 159 cm³/mol. The van der Waals surface area contributed by atoms with Gasteiger partial charge in [-0.05, 0) is 54.0 Å². The SMILES string of the molecule is N[C@@H](Cc1ccc(O)cc1)C(=O)N1CCC[C@H]1C(=O)N[C@@H](Cc1ccccc1)C(=O)Nc1cccc2ccccc12. The lowest BCUT2D eigenvalue weighted by Crippen LogP contribution is -2.55. The molecule has 1 heterocycles. The summed E-state index contributed by atoms with van der Waals surface area (Å²) in [6.07, 6.45) is 1.74. The van der Waals surface area contributed by atoms with E-state index in [1.807, 2.05) is 72.8 Å². The molecule has 0 radical (unpaired) electrons. The fourth-order valence-electron chi connectivity index (χ4n) is 5.37.